The van der Waals surface area contributed by atoms with Crippen LogP contribution in [0.4, 0.5) is 0 Å². The van der Waals surface area contributed by atoms with Crippen molar-refractivity contribution in [3.05, 3.63) is 119 Å². The summed E-state index contributed by atoms with van der Waals surface area (Å²) >= 11 is 0. The summed E-state index contributed by atoms with van der Waals surface area (Å²) in [6, 6.07) is 34.0. The number of rotatable bonds is 2. The van der Waals surface area contributed by atoms with Crippen LogP contribution in [0.3, 0.4) is 0 Å². The van der Waals surface area contributed by atoms with Gasteiger partial charge in [0, 0.05) is 0 Å². The molecule has 0 N–H and O–H groups in total. The van der Waals surface area contributed by atoms with Gasteiger partial charge in [-0.25, -0.2) is 0 Å². The van der Waals surface area contributed by atoms with Crippen LogP contribution in [-0.2, 0) is 0 Å². The molecule has 0 radical (unpaired) electrons. The predicted molar refractivity (Wildman–Crippen MR) is 123 cm³/mol. The van der Waals surface area contributed by atoms with Crippen molar-refractivity contribution in [2.45, 2.75) is 27.7 Å². The molecule has 140 valence electrons. The largest absolute Gasteiger partial charge is 0.0620 e. The van der Waals surface area contributed by atoms with Crippen LogP contribution in [0.2, 0.25) is 0 Å². The van der Waals surface area contributed by atoms with E-state index in [4.69, 9.17) is 0 Å². The van der Waals surface area contributed by atoms with Gasteiger partial charge in [-0.15, -0.1) is 0 Å². The van der Waals surface area contributed by atoms with Crippen LogP contribution in [0.1, 0.15) is 22.3 Å². The number of hydrogen-bond donors (Lipinski definition) is 0. The van der Waals surface area contributed by atoms with E-state index in [1.165, 1.54) is 44.5 Å². The molecule has 0 heteroatoms. The highest BCUT2D eigenvalue weighted by Gasteiger charge is 2.03. The zero-order valence-electron chi connectivity index (χ0n) is 17.2. The van der Waals surface area contributed by atoms with Gasteiger partial charge >= 0.3 is 0 Å². The van der Waals surface area contributed by atoms with E-state index in [-0.39, 0.29) is 0 Å². The van der Waals surface area contributed by atoms with Crippen molar-refractivity contribution in [2.24, 2.45) is 0 Å². The molecule has 0 aliphatic rings. The summed E-state index contributed by atoms with van der Waals surface area (Å²) in [5.41, 5.74) is 10.7. The molecule has 0 aliphatic heterocycles. The van der Waals surface area contributed by atoms with Crippen molar-refractivity contribution in [3.63, 3.8) is 0 Å². The standard InChI is InChI=1S/2C14H14/c2*1-11-7-3-5-9-13(11)14-10-6-4-8-12(14)2/h2*3-10H,1-2H3. The summed E-state index contributed by atoms with van der Waals surface area (Å²) in [5.74, 6) is 0. The lowest BCUT2D eigenvalue weighted by atomic mass is 9.97. The number of hydrogen-bond acceptors (Lipinski definition) is 0. The molecule has 0 fully saturated rings. The van der Waals surface area contributed by atoms with Crippen molar-refractivity contribution >= 4 is 0 Å². The van der Waals surface area contributed by atoms with Gasteiger partial charge in [0.15, 0.2) is 0 Å². The smallest absolute Gasteiger partial charge is 0.0152 e. The highest BCUT2D eigenvalue weighted by Crippen LogP contribution is 2.26. The highest BCUT2D eigenvalue weighted by molar-refractivity contribution is 5.70. The Morgan fingerprint density at radius 2 is 0.464 bits per heavy atom. The van der Waals surface area contributed by atoms with Gasteiger partial charge in [-0.2, -0.15) is 0 Å². The minimum Gasteiger partial charge on any atom is -0.0620 e. The van der Waals surface area contributed by atoms with Gasteiger partial charge in [-0.05, 0) is 72.2 Å². The van der Waals surface area contributed by atoms with E-state index >= 15 is 0 Å². The van der Waals surface area contributed by atoms with Crippen molar-refractivity contribution in [1.82, 2.24) is 0 Å². The van der Waals surface area contributed by atoms with Crippen molar-refractivity contribution in [3.8, 4) is 22.3 Å². The van der Waals surface area contributed by atoms with Crippen molar-refractivity contribution < 1.29 is 0 Å². The summed E-state index contributed by atoms with van der Waals surface area (Å²) in [4.78, 5) is 0. The molecule has 0 nitrogen and oxygen atoms in total. The second-order valence-corrected chi connectivity index (χ2v) is 7.26. The molecular formula is C28H28. The maximum atomic E-state index is 2.18. The van der Waals surface area contributed by atoms with Gasteiger partial charge in [0.2, 0.25) is 0 Å². The average molecular weight is 365 g/mol. The van der Waals surface area contributed by atoms with Crippen molar-refractivity contribution in [1.29, 1.82) is 0 Å². The summed E-state index contributed by atoms with van der Waals surface area (Å²) in [7, 11) is 0. The summed E-state index contributed by atoms with van der Waals surface area (Å²) in [6.07, 6.45) is 0. The molecule has 0 aromatic heterocycles. The summed E-state index contributed by atoms with van der Waals surface area (Å²) < 4.78 is 0. The maximum Gasteiger partial charge on any atom is -0.0152 e. The van der Waals surface area contributed by atoms with E-state index in [0.29, 0.717) is 0 Å². The third-order valence-corrected chi connectivity index (χ3v) is 5.16. The Hall–Kier alpha value is -3.12. The molecule has 0 bridgehead atoms. The van der Waals surface area contributed by atoms with Crippen LogP contribution < -0.4 is 0 Å². The fourth-order valence-electron chi connectivity index (χ4n) is 3.50. The first-order chi connectivity index (χ1) is 13.6. The fraction of sp³-hybridized carbons (Fsp3) is 0.143. The molecule has 0 saturated carbocycles. The Morgan fingerprint density at radius 3 is 0.643 bits per heavy atom. The van der Waals surface area contributed by atoms with Crippen LogP contribution in [0.15, 0.2) is 97.1 Å². The molecule has 0 saturated heterocycles. The number of aryl methyl sites for hydroxylation is 4. The maximum absolute atomic E-state index is 2.18. The molecule has 0 unspecified atom stereocenters. The predicted octanol–water partition coefficient (Wildman–Crippen LogP) is 7.94. The molecule has 28 heavy (non-hydrogen) atoms. The zero-order chi connectivity index (χ0) is 19.9. The Bertz CT molecular complexity index is 883. The van der Waals surface area contributed by atoms with Gasteiger partial charge < -0.3 is 0 Å². The first-order valence-electron chi connectivity index (χ1n) is 9.81. The van der Waals surface area contributed by atoms with Crippen LogP contribution >= 0.6 is 0 Å². The first-order valence-corrected chi connectivity index (χ1v) is 9.81. The monoisotopic (exact) mass is 364 g/mol. The lowest BCUT2D eigenvalue weighted by Crippen LogP contribution is -1.85. The molecule has 0 heterocycles. The van der Waals surface area contributed by atoms with E-state index in [0.717, 1.165) is 0 Å². The van der Waals surface area contributed by atoms with Crippen molar-refractivity contribution in [2.75, 3.05) is 0 Å². The Morgan fingerprint density at radius 1 is 0.286 bits per heavy atom. The van der Waals surface area contributed by atoms with E-state index in [2.05, 4.69) is 125 Å². The van der Waals surface area contributed by atoms with Crippen LogP contribution in [-0.4, -0.2) is 0 Å². The minimum atomic E-state index is 1.34. The molecule has 0 aliphatic carbocycles. The third-order valence-electron chi connectivity index (χ3n) is 5.16. The molecule has 4 aromatic rings. The Labute approximate surface area is 169 Å². The lowest BCUT2D eigenvalue weighted by molar-refractivity contribution is 1.41. The minimum absolute atomic E-state index is 1.34. The van der Waals surface area contributed by atoms with Gasteiger partial charge in [0.1, 0.15) is 0 Å². The molecule has 4 rings (SSSR count). The van der Waals surface area contributed by atoms with Crippen LogP contribution in [0.5, 0.6) is 0 Å². The lowest BCUT2D eigenvalue weighted by Gasteiger charge is -2.08. The SMILES string of the molecule is Cc1ccccc1-c1ccccc1C.Cc1ccccc1-c1ccccc1C. The van der Waals surface area contributed by atoms with Gasteiger partial charge in [-0.3, -0.25) is 0 Å². The van der Waals surface area contributed by atoms with E-state index in [9.17, 15) is 0 Å². The third kappa shape index (κ3) is 4.58. The van der Waals surface area contributed by atoms with Crippen LogP contribution in [0.25, 0.3) is 22.3 Å². The average Bonchev–Trinajstić information content (AvgIpc) is 2.71. The molecule has 4 aromatic carbocycles. The first kappa shape index (κ1) is 19.6. The quantitative estimate of drug-likeness (QED) is 0.338. The van der Waals surface area contributed by atoms with Gasteiger partial charge in [0.25, 0.3) is 0 Å². The summed E-state index contributed by atoms with van der Waals surface area (Å²) in [6.45, 7) is 8.62. The Kier molecular flexibility index (Phi) is 6.45. The molecule has 0 amide bonds. The Balaban J connectivity index is 0.000000161. The number of benzene rings is 4. The molecule has 0 atom stereocenters. The second-order valence-electron chi connectivity index (χ2n) is 7.26. The highest BCUT2D eigenvalue weighted by atomic mass is 14.1. The summed E-state index contributed by atoms with van der Waals surface area (Å²) in [5, 5.41) is 0. The second kappa shape index (κ2) is 9.19. The zero-order valence-corrected chi connectivity index (χ0v) is 17.2. The van der Waals surface area contributed by atoms with E-state index in [1.807, 2.05) is 0 Å². The fourth-order valence-corrected chi connectivity index (χ4v) is 3.50. The van der Waals surface area contributed by atoms with Crippen LogP contribution in [0, 0.1) is 27.7 Å². The van der Waals surface area contributed by atoms with E-state index < -0.39 is 0 Å². The topological polar surface area (TPSA) is 0 Å². The molecular weight excluding hydrogens is 336 g/mol. The van der Waals surface area contributed by atoms with E-state index in [1.54, 1.807) is 0 Å². The molecule has 0 spiro atoms. The van der Waals surface area contributed by atoms with Gasteiger partial charge in [0.05, 0.1) is 0 Å². The normalized spacial score (nSPS) is 10.1. The van der Waals surface area contributed by atoms with Gasteiger partial charge in [-0.1, -0.05) is 97.1 Å².